The van der Waals surface area contributed by atoms with E-state index < -0.39 is 24.3 Å². The smallest absolute Gasteiger partial charge is 0.407 e. The number of imidazole rings is 2. The van der Waals surface area contributed by atoms with E-state index >= 15 is 0 Å². The number of nitrogens with one attached hydrogen (secondary N) is 4. The van der Waals surface area contributed by atoms with E-state index in [2.05, 4.69) is 44.9 Å². The summed E-state index contributed by atoms with van der Waals surface area (Å²) in [5.41, 5.74) is 6.99. The number of methoxy groups -OCH3 is 2. The Kier molecular flexibility index (Phi) is 11.1. The zero-order valence-corrected chi connectivity index (χ0v) is 34.9. The molecule has 0 spiro atoms. The van der Waals surface area contributed by atoms with Crippen LogP contribution in [0.3, 0.4) is 0 Å². The minimum atomic E-state index is -0.686. The molecule has 2 aliphatic heterocycles. The van der Waals surface area contributed by atoms with Gasteiger partial charge >= 0.3 is 12.2 Å². The molecule has 0 radical (unpaired) electrons. The van der Waals surface area contributed by atoms with Gasteiger partial charge in [0.2, 0.25) is 11.8 Å². The number of aromatic amines is 2. The van der Waals surface area contributed by atoms with Crippen molar-refractivity contribution >= 4 is 35.3 Å². The molecule has 8 rings (SSSR count). The molecular formula is C43H54N8O6S. The maximum Gasteiger partial charge on any atom is 0.407 e. The number of H-pyrrole nitrogens is 2. The number of carbonyl (C=O) groups is 4. The summed E-state index contributed by atoms with van der Waals surface area (Å²) in [6, 6.07) is 6.90. The molecule has 58 heavy (non-hydrogen) atoms. The summed E-state index contributed by atoms with van der Waals surface area (Å²) in [7, 11) is 2.60. The number of carbonyl (C=O) groups excluding carboxylic acids is 4. The van der Waals surface area contributed by atoms with Crippen molar-refractivity contribution in [3.05, 3.63) is 59.4 Å². The fraction of sp³-hybridized carbons (Fsp3) is 0.535. The molecule has 15 heteroatoms. The standard InChI is InChI=1S/C43H54N8O6S/c1-22(2)34(48-42(54)56-5)40(52)50-17-7-9-30(50)38-44-20-28(46-38)24-11-13-25(14-12-24)36-32-26-15-16-27(19-26)33(32)37(58-36)29-21-45-39(47-29)31-10-8-18-51(31)41(53)35(23(3)4)49-43(55)57-6/h11-14,20-23,26-27,30-31,34-35H,7-10,15-19H2,1-6H3,(H,44,46)(H,45,47)(H,48,54)(H,49,55). The molecule has 3 aromatic heterocycles. The fourth-order valence-corrected chi connectivity index (χ4v) is 11.1. The number of ether oxygens (including phenoxy) is 2. The van der Waals surface area contributed by atoms with Crippen LogP contribution in [0.2, 0.25) is 0 Å². The molecule has 1 saturated carbocycles. The van der Waals surface area contributed by atoms with Gasteiger partial charge in [-0.2, -0.15) is 0 Å². The highest BCUT2D eigenvalue weighted by Crippen LogP contribution is 2.61. The van der Waals surface area contributed by atoms with Crippen LogP contribution in [0.15, 0.2) is 36.7 Å². The molecule has 1 aromatic carbocycles. The highest BCUT2D eigenvalue weighted by atomic mass is 32.1. The van der Waals surface area contributed by atoms with Gasteiger partial charge in [-0.05, 0) is 90.9 Å². The molecule has 14 nitrogen and oxygen atoms in total. The van der Waals surface area contributed by atoms with Crippen LogP contribution in [0.25, 0.3) is 32.3 Å². The summed E-state index contributed by atoms with van der Waals surface area (Å²) >= 11 is 1.83. The maximum atomic E-state index is 13.8. The van der Waals surface area contributed by atoms with Crippen molar-refractivity contribution in [2.75, 3.05) is 27.3 Å². The number of alkyl carbamates (subject to hydrolysis) is 2. The number of benzene rings is 1. The summed E-state index contributed by atoms with van der Waals surface area (Å²) in [5, 5.41) is 5.45. The largest absolute Gasteiger partial charge is 0.453 e. The first-order valence-corrected chi connectivity index (χ1v) is 21.5. The van der Waals surface area contributed by atoms with Gasteiger partial charge in [-0.15, -0.1) is 11.3 Å². The predicted octanol–water partition coefficient (Wildman–Crippen LogP) is 7.65. The average molecular weight is 811 g/mol. The Hall–Kier alpha value is -5.18. The molecule has 2 aliphatic carbocycles. The second kappa shape index (κ2) is 16.2. The number of amides is 4. The summed E-state index contributed by atoms with van der Waals surface area (Å²) in [6.45, 7) is 8.88. The van der Waals surface area contributed by atoms with E-state index in [-0.39, 0.29) is 35.7 Å². The number of nitrogens with zero attached hydrogens (tertiary/aromatic N) is 4. The zero-order chi connectivity index (χ0) is 40.8. The van der Waals surface area contributed by atoms with Crippen LogP contribution in [0, 0.1) is 11.8 Å². The van der Waals surface area contributed by atoms with Crippen molar-refractivity contribution in [1.29, 1.82) is 0 Å². The Morgan fingerprint density at radius 3 is 1.66 bits per heavy atom. The number of aromatic nitrogens is 4. The molecular weight excluding hydrogens is 757 g/mol. The zero-order valence-electron chi connectivity index (χ0n) is 34.1. The molecule has 4 aromatic rings. The second-order valence-corrected chi connectivity index (χ2v) is 17.9. The van der Waals surface area contributed by atoms with Crippen LogP contribution in [0.4, 0.5) is 9.59 Å². The van der Waals surface area contributed by atoms with Crippen LogP contribution in [-0.2, 0) is 19.1 Å². The molecule has 2 saturated heterocycles. The van der Waals surface area contributed by atoms with E-state index in [1.807, 2.05) is 61.2 Å². The first kappa shape index (κ1) is 39.6. The van der Waals surface area contributed by atoms with E-state index in [1.54, 1.807) is 0 Å². The lowest BCUT2D eigenvalue weighted by molar-refractivity contribution is -0.136. The van der Waals surface area contributed by atoms with Crippen molar-refractivity contribution in [3.8, 4) is 32.3 Å². The van der Waals surface area contributed by atoms with E-state index in [4.69, 9.17) is 19.4 Å². The fourth-order valence-electron chi connectivity index (χ4n) is 9.65. The van der Waals surface area contributed by atoms with Crippen molar-refractivity contribution in [2.24, 2.45) is 11.8 Å². The van der Waals surface area contributed by atoms with Crippen molar-refractivity contribution in [1.82, 2.24) is 40.4 Å². The van der Waals surface area contributed by atoms with Crippen LogP contribution in [-0.4, -0.2) is 93.1 Å². The van der Waals surface area contributed by atoms with Gasteiger partial charge < -0.3 is 39.9 Å². The van der Waals surface area contributed by atoms with Crippen molar-refractivity contribution < 1.29 is 28.7 Å². The first-order chi connectivity index (χ1) is 28.0. The minimum Gasteiger partial charge on any atom is -0.453 e. The van der Waals surface area contributed by atoms with Crippen molar-refractivity contribution in [2.45, 2.75) is 109 Å². The lowest BCUT2D eigenvalue weighted by Gasteiger charge is -2.30. The monoisotopic (exact) mass is 810 g/mol. The topological polar surface area (TPSA) is 175 Å². The van der Waals surface area contributed by atoms with Crippen LogP contribution < -0.4 is 10.6 Å². The third kappa shape index (κ3) is 7.26. The lowest BCUT2D eigenvalue weighted by atomic mass is 9.90. The Bertz CT molecular complexity index is 2170. The van der Waals surface area contributed by atoms with E-state index in [1.165, 1.54) is 59.9 Å². The summed E-state index contributed by atoms with van der Waals surface area (Å²) in [4.78, 5) is 74.5. The van der Waals surface area contributed by atoms with Crippen molar-refractivity contribution in [3.63, 3.8) is 0 Å². The van der Waals surface area contributed by atoms with Crippen LogP contribution in [0.1, 0.15) is 119 Å². The Morgan fingerprint density at radius 2 is 1.16 bits per heavy atom. The number of hydrogen-bond donors (Lipinski definition) is 4. The number of fused-ring (bicyclic) bond motifs is 5. The summed E-state index contributed by atoms with van der Waals surface area (Å²) in [5.74, 6) is 2.14. The molecule has 308 valence electrons. The van der Waals surface area contributed by atoms with Gasteiger partial charge in [0.25, 0.3) is 0 Å². The average Bonchev–Trinajstić information content (AvgIpc) is 4.07. The number of thiophene rings is 1. The number of rotatable bonds is 11. The molecule has 5 heterocycles. The maximum absolute atomic E-state index is 13.8. The third-order valence-corrected chi connectivity index (χ3v) is 13.9. The number of likely N-dealkylation sites (tertiary alicyclic amines) is 2. The van der Waals surface area contributed by atoms with Gasteiger partial charge in [0.15, 0.2) is 0 Å². The summed E-state index contributed by atoms with van der Waals surface area (Å²) in [6.07, 6.45) is 9.43. The number of hydrogen-bond acceptors (Lipinski definition) is 9. The molecule has 6 unspecified atom stereocenters. The van der Waals surface area contributed by atoms with E-state index in [0.29, 0.717) is 24.9 Å². The van der Waals surface area contributed by atoms with Crippen LogP contribution in [0.5, 0.6) is 0 Å². The van der Waals surface area contributed by atoms with Gasteiger partial charge in [-0.25, -0.2) is 19.6 Å². The molecule has 4 N–H and O–H groups in total. The van der Waals surface area contributed by atoms with E-state index in [9.17, 15) is 19.2 Å². The highest BCUT2D eigenvalue weighted by Gasteiger charge is 2.44. The third-order valence-electron chi connectivity index (χ3n) is 12.6. The van der Waals surface area contributed by atoms with Crippen LogP contribution >= 0.6 is 11.3 Å². The first-order valence-electron chi connectivity index (χ1n) is 20.6. The van der Waals surface area contributed by atoms with Gasteiger partial charge in [0.1, 0.15) is 23.7 Å². The van der Waals surface area contributed by atoms with Gasteiger partial charge in [0, 0.05) is 18.0 Å². The van der Waals surface area contributed by atoms with Gasteiger partial charge in [-0.1, -0.05) is 52.0 Å². The molecule has 6 atom stereocenters. The quantitative estimate of drug-likeness (QED) is 0.120. The molecule has 4 amide bonds. The predicted molar refractivity (Wildman–Crippen MR) is 220 cm³/mol. The second-order valence-electron chi connectivity index (χ2n) is 16.8. The SMILES string of the molecule is COC(=O)NC(C(=O)N1CCCC1c1ncc(-c2ccc(-c3sc(-c4cnc(C5CCCN5C(=O)C(NC(=O)OC)C(C)C)[nH]4)c4c3C3CCC4C3)cc2)[nH]1)C(C)C. The minimum absolute atomic E-state index is 0.101. The van der Waals surface area contributed by atoms with E-state index in [0.717, 1.165) is 54.3 Å². The molecule has 4 aliphatic rings. The Labute approximate surface area is 342 Å². The summed E-state index contributed by atoms with van der Waals surface area (Å²) < 4.78 is 9.60. The Morgan fingerprint density at radius 1 is 0.690 bits per heavy atom. The van der Waals surface area contributed by atoms with Gasteiger partial charge in [0.05, 0.1) is 55.0 Å². The Balaban J connectivity index is 1.02. The van der Waals surface area contributed by atoms with Gasteiger partial charge in [-0.3, -0.25) is 9.59 Å². The molecule has 2 bridgehead atoms. The highest BCUT2D eigenvalue weighted by molar-refractivity contribution is 7.19. The molecule has 3 fully saturated rings. The normalized spacial score (nSPS) is 22.1. The lowest BCUT2D eigenvalue weighted by Crippen LogP contribution is -2.51.